The van der Waals surface area contributed by atoms with Gasteiger partial charge in [0.25, 0.3) is 0 Å². The van der Waals surface area contributed by atoms with Crippen molar-refractivity contribution in [2.45, 2.75) is 12.8 Å². The van der Waals surface area contributed by atoms with Crippen LogP contribution < -0.4 is 15.0 Å². The molecular formula is C26H32ClN3O6. The maximum Gasteiger partial charge on any atom is 0.414 e. The molecule has 0 radical (unpaired) electrons. The Balaban J connectivity index is 0.000000678. The maximum absolute atomic E-state index is 11.9. The fourth-order valence-corrected chi connectivity index (χ4v) is 3.82. The number of unbranched alkanes of at least 4 members (excludes halogenated alkanes) is 1. The molecule has 0 aliphatic carbocycles. The van der Waals surface area contributed by atoms with Crippen molar-refractivity contribution in [3.8, 4) is 5.75 Å². The first kappa shape index (κ1) is 28.7. The number of hydrogen-bond donors (Lipinski definition) is 3. The molecule has 36 heavy (non-hydrogen) atoms. The standard InChI is InChI=1S/C24H30ClN3O2.C2H2O4/c1-30-23-10-3-2-9-22(23)28-17-15-27(16-18-28)14-5-4-13-26-24(29)12-11-20-7-6-8-21(25)19-20;3-1(4)2(5)6/h2-3,6-12,19H,4-5,13-18H2,1H3,(H,26,29);(H,3,4)(H,5,6)/b12-11+;. The number of nitrogens with zero attached hydrogens (tertiary/aromatic N) is 2. The second kappa shape index (κ2) is 15.4. The normalized spacial score (nSPS) is 13.6. The number of anilines is 1. The summed E-state index contributed by atoms with van der Waals surface area (Å²) < 4.78 is 5.48. The van der Waals surface area contributed by atoms with E-state index in [2.05, 4.69) is 27.2 Å². The summed E-state index contributed by atoms with van der Waals surface area (Å²) in [5.41, 5.74) is 2.10. The molecule has 1 amide bonds. The second-order valence-electron chi connectivity index (χ2n) is 8.00. The topological polar surface area (TPSA) is 119 Å². The van der Waals surface area contributed by atoms with Gasteiger partial charge in [0, 0.05) is 43.8 Å². The minimum absolute atomic E-state index is 0.0691. The van der Waals surface area contributed by atoms with Crippen molar-refractivity contribution in [2.75, 3.05) is 51.3 Å². The molecule has 1 aliphatic rings. The first-order chi connectivity index (χ1) is 17.3. The van der Waals surface area contributed by atoms with Crippen LogP contribution in [-0.4, -0.2) is 79.3 Å². The number of carboxylic acids is 2. The van der Waals surface area contributed by atoms with Crippen LogP contribution in [0.2, 0.25) is 5.02 Å². The zero-order valence-electron chi connectivity index (χ0n) is 20.2. The van der Waals surface area contributed by atoms with Crippen molar-refractivity contribution in [1.29, 1.82) is 0 Å². The third-order valence-corrected chi connectivity index (χ3v) is 5.69. The summed E-state index contributed by atoms with van der Waals surface area (Å²) in [4.78, 5) is 35.0. The lowest BCUT2D eigenvalue weighted by molar-refractivity contribution is -0.159. The van der Waals surface area contributed by atoms with E-state index in [0.717, 1.165) is 56.9 Å². The van der Waals surface area contributed by atoms with Gasteiger partial charge in [0.2, 0.25) is 5.91 Å². The fourth-order valence-electron chi connectivity index (χ4n) is 3.62. The van der Waals surface area contributed by atoms with E-state index in [1.165, 1.54) is 5.69 Å². The molecule has 0 aromatic heterocycles. The summed E-state index contributed by atoms with van der Waals surface area (Å²) in [6.07, 6.45) is 5.39. The van der Waals surface area contributed by atoms with Gasteiger partial charge in [-0.25, -0.2) is 9.59 Å². The van der Waals surface area contributed by atoms with Crippen LogP contribution in [0.3, 0.4) is 0 Å². The Labute approximate surface area is 215 Å². The number of piperazine rings is 1. The Kier molecular flexibility index (Phi) is 12.3. The fraction of sp³-hybridized carbons (Fsp3) is 0.346. The van der Waals surface area contributed by atoms with Gasteiger partial charge in [-0.3, -0.25) is 9.69 Å². The second-order valence-corrected chi connectivity index (χ2v) is 8.43. The molecule has 1 saturated heterocycles. The van der Waals surface area contributed by atoms with Gasteiger partial charge in [-0.2, -0.15) is 0 Å². The summed E-state index contributed by atoms with van der Waals surface area (Å²) >= 11 is 5.95. The van der Waals surface area contributed by atoms with E-state index in [-0.39, 0.29) is 5.91 Å². The zero-order valence-corrected chi connectivity index (χ0v) is 21.0. The van der Waals surface area contributed by atoms with Crippen molar-refractivity contribution in [1.82, 2.24) is 10.2 Å². The molecule has 1 aliphatic heterocycles. The van der Waals surface area contributed by atoms with Gasteiger partial charge in [-0.15, -0.1) is 0 Å². The molecule has 3 N–H and O–H groups in total. The van der Waals surface area contributed by atoms with Gasteiger partial charge in [0.05, 0.1) is 12.8 Å². The lowest BCUT2D eigenvalue weighted by Gasteiger charge is -2.36. The van der Waals surface area contributed by atoms with Gasteiger partial charge in [-0.05, 0) is 55.3 Å². The van der Waals surface area contributed by atoms with Crippen LogP contribution in [-0.2, 0) is 14.4 Å². The molecule has 9 nitrogen and oxygen atoms in total. The van der Waals surface area contributed by atoms with E-state index in [1.54, 1.807) is 19.3 Å². The van der Waals surface area contributed by atoms with Crippen LogP contribution in [0, 0.1) is 0 Å². The van der Waals surface area contributed by atoms with E-state index in [9.17, 15) is 4.79 Å². The molecule has 0 saturated carbocycles. The van der Waals surface area contributed by atoms with Gasteiger partial charge in [0.1, 0.15) is 5.75 Å². The smallest absolute Gasteiger partial charge is 0.414 e. The SMILES string of the molecule is COc1ccccc1N1CCN(CCCCNC(=O)/C=C/c2cccc(Cl)c2)CC1.O=C(O)C(=O)O. The van der Waals surface area contributed by atoms with Gasteiger partial charge in [0.15, 0.2) is 0 Å². The summed E-state index contributed by atoms with van der Waals surface area (Å²) in [7, 11) is 1.72. The van der Waals surface area contributed by atoms with E-state index in [1.807, 2.05) is 36.4 Å². The molecule has 1 fully saturated rings. The van der Waals surface area contributed by atoms with Crippen LogP contribution in [0.15, 0.2) is 54.6 Å². The number of para-hydroxylation sites is 2. The summed E-state index contributed by atoms with van der Waals surface area (Å²) in [5, 5.41) is 18.4. The molecule has 2 aromatic rings. The Morgan fingerprint density at radius 1 is 1.00 bits per heavy atom. The van der Waals surface area contributed by atoms with Gasteiger partial charge >= 0.3 is 11.9 Å². The maximum atomic E-state index is 11.9. The Morgan fingerprint density at radius 2 is 1.69 bits per heavy atom. The quantitative estimate of drug-likeness (QED) is 0.263. The highest BCUT2D eigenvalue weighted by Crippen LogP contribution is 2.28. The molecule has 3 rings (SSSR count). The van der Waals surface area contributed by atoms with Crippen molar-refractivity contribution < 1.29 is 29.3 Å². The van der Waals surface area contributed by atoms with Gasteiger partial charge < -0.3 is 25.2 Å². The molecule has 0 spiro atoms. The van der Waals surface area contributed by atoms with Crippen molar-refractivity contribution in [3.05, 3.63) is 65.2 Å². The predicted octanol–water partition coefficient (Wildman–Crippen LogP) is 3.24. The van der Waals surface area contributed by atoms with Crippen LogP contribution in [0.25, 0.3) is 6.08 Å². The van der Waals surface area contributed by atoms with Crippen molar-refractivity contribution >= 4 is 41.2 Å². The molecule has 2 aromatic carbocycles. The average molecular weight is 518 g/mol. The van der Waals surface area contributed by atoms with E-state index >= 15 is 0 Å². The monoisotopic (exact) mass is 517 g/mol. The number of halogens is 1. The molecular weight excluding hydrogens is 486 g/mol. The molecule has 0 atom stereocenters. The van der Waals surface area contributed by atoms with E-state index in [4.69, 9.17) is 36.1 Å². The lowest BCUT2D eigenvalue weighted by atomic mass is 10.2. The molecule has 10 heteroatoms. The largest absolute Gasteiger partial charge is 0.495 e. The van der Waals surface area contributed by atoms with Gasteiger partial charge in [-0.1, -0.05) is 35.9 Å². The third kappa shape index (κ3) is 10.4. The van der Waals surface area contributed by atoms with Crippen molar-refractivity contribution in [2.24, 2.45) is 0 Å². The van der Waals surface area contributed by atoms with Crippen LogP contribution in [0.5, 0.6) is 5.75 Å². The number of aliphatic carboxylic acids is 2. The number of benzene rings is 2. The summed E-state index contributed by atoms with van der Waals surface area (Å²) in [6, 6.07) is 15.6. The highest BCUT2D eigenvalue weighted by Gasteiger charge is 2.19. The Bertz CT molecular complexity index is 1030. The Hall–Kier alpha value is -3.56. The van der Waals surface area contributed by atoms with Crippen LogP contribution >= 0.6 is 11.6 Å². The highest BCUT2D eigenvalue weighted by atomic mass is 35.5. The van der Waals surface area contributed by atoms with Crippen molar-refractivity contribution in [3.63, 3.8) is 0 Å². The number of ether oxygens (including phenoxy) is 1. The number of nitrogens with one attached hydrogen (secondary N) is 1. The molecule has 194 valence electrons. The minimum atomic E-state index is -1.82. The molecule has 0 bridgehead atoms. The first-order valence-corrected chi connectivity index (χ1v) is 12.0. The minimum Gasteiger partial charge on any atom is -0.495 e. The number of methoxy groups -OCH3 is 1. The predicted molar refractivity (Wildman–Crippen MR) is 140 cm³/mol. The average Bonchev–Trinajstić information content (AvgIpc) is 2.88. The van der Waals surface area contributed by atoms with E-state index in [0.29, 0.717) is 11.6 Å². The lowest BCUT2D eigenvalue weighted by Crippen LogP contribution is -2.46. The number of amides is 1. The third-order valence-electron chi connectivity index (χ3n) is 5.46. The number of hydrogen-bond acceptors (Lipinski definition) is 6. The number of carboxylic acid groups (broad SMARTS) is 2. The van der Waals surface area contributed by atoms with Crippen LogP contribution in [0.4, 0.5) is 5.69 Å². The zero-order chi connectivity index (χ0) is 26.3. The molecule has 1 heterocycles. The summed E-state index contributed by atoms with van der Waals surface area (Å²) in [5.74, 6) is -2.78. The number of carbonyl (C=O) groups is 3. The van der Waals surface area contributed by atoms with Crippen LogP contribution in [0.1, 0.15) is 18.4 Å². The number of rotatable bonds is 9. The molecule has 0 unspecified atom stereocenters. The Morgan fingerprint density at radius 3 is 2.33 bits per heavy atom. The van der Waals surface area contributed by atoms with E-state index < -0.39 is 11.9 Å². The summed E-state index contributed by atoms with van der Waals surface area (Å²) in [6.45, 7) is 5.87. The first-order valence-electron chi connectivity index (χ1n) is 11.6. The highest BCUT2D eigenvalue weighted by molar-refractivity contribution is 6.30. The number of carbonyl (C=O) groups excluding carboxylic acids is 1.